The third-order valence-electron chi connectivity index (χ3n) is 5.09. The lowest BCUT2D eigenvalue weighted by molar-refractivity contribution is -0.146. The smallest absolute Gasteiger partial charge is 0.308 e. The van der Waals surface area contributed by atoms with E-state index in [1.54, 1.807) is 4.90 Å². The monoisotopic (exact) mass is 295 g/mol. The topological polar surface area (TPSA) is 57.6 Å². The molecule has 1 amide bonds. The van der Waals surface area contributed by atoms with Crippen LogP contribution in [0.4, 0.5) is 0 Å². The van der Waals surface area contributed by atoms with Crippen molar-refractivity contribution in [3.05, 3.63) is 0 Å². The molecule has 4 nitrogen and oxygen atoms in total. The van der Waals surface area contributed by atoms with Crippen molar-refractivity contribution in [2.24, 2.45) is 17.8 Å². The maximum Gasteiger partial charge on any atom is 0.308 e. The molecule has 1 heterocycles. The van der Waals surface area contributed by atoms with Crippen LogP contribution in [0.15, 0.2) is 0 Å². The molecule has 120 valence electrons. The molecule has 0 aromatic heterocycles. The highest BCUT2D eigenvalue weighted by molar-refractivity contribution is 5.78. The van der Waals surface area contributed by atoms with E-state index in [4.69, 9.17) is 5.11 Å². The largest absolute Gasteiger partial charge is 0.481 e. The Hall–Kier alpha value is -1.06. The lowest BCUT2D eigenvalue weighted by Crippen LogP contribution is -2.45. The summed E-state index contributed by atoms with van der Waals surface area (Å²) < 4.78 is 0. The summed E-state index contributed by atoms with van der Waals surface area (Å²) in [5, 5.41) is 9.16. The number of carboxylic acids is 1. The zero-order valence-corrected chi connectivity index (χ0v) is 13.2. The van der Waals surface area contributed by atoms with Crippen molar-refractivity contribution < 1.29 is 14.7 Å². The normalized spacial score (nSPS) is 27.6. The molecule has 0 aromatic carbocycles. The summed E-state index contributed by atoms with van der Waals surface area (Å²) in [6.07, 6.45) is 10.1. The molecule has 2 atom stereocenters. The van der Waals surface area contributed by atoms with E-state index in [1.165, 1.54) is 32.1 Å². The summed E-state index contributed by atoms with van der Waals surface area (Å²) >= 11 is 0. The molecule has 1 N–H and O–H groups in total. The Morgan fingerprint density at radius 3 is 2.52 bits per heavy atom. The fraction of sp³-hybridized carbons (Fsp3) is 0.882. The quantitative estimate of drug-likeness (QED) is 0.846. The first kappa shape index (κ1) is 16.3. The van der Waals surface area contributed by atoms with Crippen LogP contribution in [0.3, 0.4) is 0 Å². The zero-order valence-electron chi connectivity index (χ0n) is 13.2. The van der Waals surface area contributed by atoms with Crippen LogP contribution in [0.1, 0.15) is 64.7 Å². The van der Waals surface area contributed by atoms with E-state index in [2.05, 4.69) is 0 Å². The maximum atomic E-state index is 12.3. The van der Waals surface area contributed by atoms with E-state index in [0.717, 1.165) is 25.3 Å². The molecule has 1 saturated carbocycles. The third-order valence-corrected chi connectivity index (χ3v) is 5.09. The Labute approximate surface area is 127 Å². The van der Waals surface area contributed by atoms with E-state index in [-0.39, 0.29) is 11.8 Å². The number of carboxylic acid groups (broad SMARTS) is 1. The van der Waals surface area contributed by atoms with Crippen molar-refractivity contribution in [1.29, 1.82) is 0 Å². The van der Waals surface area contributed by atoms with Crippen molar-refractivity contribution in [3.63, 3.8) is 0 Å². The van der Waals surface area contributed by atoms with Crippen molar-refractivity contribution >= 4 is 11.9 Å². The Morgan fingerprint density at radius 2 is 1.86 bits per heavy atom. The number of amides is 1. The predicted molar refractivity (Wildman–Crippen MR) is 81.9 cm³/mol. The average Bonchev–Trinajstić information content (AvgIpc) is 2.47. The number of hydrogen-bond acceptors (Lipinski definition) is 2. The van der Waals surface area contributed by atoms with Gasteiger partial charge in [-0.3, -0.25) is 9.59 Å². The highest BCUT2D eigenvalue weighted by Crippen LogP contribution is 2.28. The second-order valence-electron chi connectivity index (χ2n) is 7.07. The van der Waals surface area contributed by atoms with Crippen LogP contribution >= 0.6 is 0 Å². The summed E-state index contributed by atoms with van der Waals surface area (Å²) in [7, 11) is 0. The Morgan fingerprint density at radius 1 is 1.14 bits per heavy atom. The van der Waals surface area contributed by atoms with Gasteiger partial charge in [-0.2, -0.15) is 0 Å². The van der Waals surface area contributed by atoms with Gasteiger partial charge in [0.25, 0.3) is 0 Å². The van der Waals surface area contributed by atoms with E-state index in [0.29, 0.717) is 25.3 Å². The van der Waals surface area contributed by atoms with E-state index in [1.807, 2.05) is 6.92 Å². The molecule has 2 unspecified atom stereocenters. The second kappa shape index (κ2) is 7.81. The molecule has 1 aliphatic carbocycles. The molecule has 4 heteroatoms. The molecule has 0 spiro atoms. The van der Waals surface area contributed by atoms with Crippen molar-refractivity contribution in [3.8, 4) is 0 Å². The number of piperidine rings is 1. The van der Waals surface area contributed by atoms with Gasteiger partial charge in [0.2, 0.25) is 5.91 Å². The van der Waals surface area contributed by atoms with Gasteiger partial charge in [-0.15, -0.1) is 0 Å². The fourth-order valence-electron chi connectivity index (χ4n) is 3.91. The SMILES string of the molecule is CC1CC(C(=O)O)CN(C(=O)CCCC2CCCCC2)C1. The van der Waals surface area contributed by atoms with Gasteiger partial charge >= 0.3 is 5.97 Å². The molecule has 1 aliphatic heterocycles. The number of aliphatic carboxylic acids is 1. The first-order chi connectivity index (χ1) is 10.1. The van der Waals surface area contributed by atoms with Crippen LogP contribution in [0.25, 0.3) is 0 Å². The molecular formula is C17H29NO3. The summed E-state index contributed by atoms with van der Waals surface area (Å²) in [5.74, 6) is 0.127. The molecule has 0 radical (unpaired) electrons. The summed E-state index contributed by atoms with van der Waals surface area (Å²) in [4.78, 5) is 25.2. The second-order valence-corrected chi connectivity index (χ2v) is 7.07. The van der Waals surface area contributed by atoms with Gasteiger partial charge in [0.05, 0.1) is 5.92 Å². The molecule has 2 fully saturated rings. The van der Waals surface area contributed by atoms with E-state index < -0.39 is 5.97 Å². The minimum absolute atomic E-state index is 0.156. The van der Waals surface area contributed by atoms with Crippen LogP contribution in [-0.2, 0) is 9.59 Å². The van der Waals surface area contributed by atoms with Gasteiger partial charge in [0.15, 0.2) is 0 Å². The number of carbonyl (C=O) groups is 2. The van der Waals surface area contributed by atoms with Crippen LogP contribution in [-0.4, -0.2) is 35.0 Å². The molecule has 1 saturated heterocycles. The number of hydrogen-bond donors (Lipinski definition) is 1. The molecule has 2 rings (SSSR count). The molecule has 0 aromatic rings. The van der Waals surface area contributed by atoms with Gasteiger partial charge in [0.1, 0.15) is 0 Å². The molecular weight excluding hydrogens is 266 g/mol. The molecule has 0 bridgehead atoms. The third kappa shape index (κ3) is 5.01. The highest BCUT2D eigenvalue weighted by Gasteiger charge is 2.31. The maximum absolute atomic E-state index is 12.3. The predicted octanol–water partition coefficient (Wildman–Crippen LogP) is 3.31. The van der Waals surface area contributed by atoms with Gasteiger partial charge in [0, 0.05) is 19.5 Å². The lowest BCUT2D eigenvalue weighted by Gasteiger charge is -2.35. The summed E-state index contributed by atoms with van der Waals surface area (Å²) in [5.41, 5.74) is 0. The average molecular weight is 295 g/mol. The molecule has 21 heavy (non-hydrogen) atoms. The fourth-order valence-corrected chi connectivity index (χ4v) is 3.91. The minimum Gasteiger partial charge on any atom is -0.481 e. The Kier molecular flexibility index (Phi) is 6.07. The number of likely N-dealkylation sites (tertiary alicyclic amines) is 1. The minimum atomic E-state index is -0.762. The van der Waals surface area contributed by atoms with Crippen molar-refractivity contribution in [2.75, 3.05) is 13.1 Å². The summed E-state index contributed by atoms with van der Waals surface area (Å²) in [6.45, 7) is 3.17. The number of rotatable bonds is 5. The Bertz CT molecular complexity index is 363. The first-order valence-electron chi connectivity index (χ1n) is 8.57. The summed E-state index contributed by atoms with van der Waals surface area (Å²) in [6, 6.07) is 0. The first-order valence-corrected chi connectivity index (χ1v) is 8.57. The van der Waals surface area contributed by atoms with Crippen LogP contribution in [0, 0.1) is 17.8 Å². The van der Waals surface area contributed by atoms with Crippen LogP contribution in [0.2, 0.25) is 0 Å². The van der Waals surface area contributed by atoms with Gasteiger partial charge in [-0.25, -0.2) is 0 Å². The number of carbonyl (C=O) groups excluding carboxylic acids is 1. The van der Waals surface area contributed by atoms with Crippen LogP contribution in [0.5, 0.6) is 0 Å². The lowest BCUT2D eigenvalue weighted by atomic mass is 9.85. The van der Waals surface area contributed by atoms with E-state index >= 15 is 0 Å². The standard InChI is InChI=1S/C17H29NO3/c1-13-10-15(17(20)21)12-18(11-13)16(19)9-5-8-14-6-3-2-4-7-14/h13-15H,2-12H2,1H3,(H,20,21). The van der Waals surface area contributed by atoms with Crippen molar-refractivity contribution in [2.45, 2.75) is 64.7 Å². The van der Waals surface area contributed by atoms with Crippen LogP contribution < -0.4 is 0 Å². The zero-order chi connectivity index (χ0) is 15.2. The highest BCUT2D eigenvalue weighted by atomic mass is 16.4. The van der Waals surface area contributed by atoms with Gasteiger partial charge in [-0.1, -0.05) is 39.0 Å². The van der Waals surface area contributed by atoms with Crippen molar-refractivity contribution in [1.82, 2.24) is 4.90 Å². The Balaban J connectivity index is 1.72. The number of nitrogens with zero attached hydrogens (tertiary/aromatic N) is 1. The van der Waals surface area contributed by atoms with Gasteiger partial charge < -0.3 is 10.0 Å². The van der Waals surface area contributed by atoms with Gasteiger partial charge in [-0.05, 0) is 31.1 Å². The molecule has 2 aliphatic rings. The van der Waals surface area contributed by atoms with E-state index in [9.17, 15) is 9.59 Å².